The van der Waals surface area contributed by atoms with Gasteiger partial charge >= 0.3 is 0 Å². The summed E-state index contributed by atoms with van der Waals surface area (Å²) < 4.78 is 31.8. The van der Waals surface area contributed by atoms with Gasteiger partial charge < -0.3 is 9.84 Å². The number of hydrogen-bond acceptors (Lipinski definition) is 6. The van der Waals surface area contributed by atoms with Crippen LogP contribution in [0.15, 0.2) is 32.4 Å². The first-order chi connectivity index (χ1) is 9.47. The summed E-state index contributed by atoms with van der Waals surface area (Å²) in [5.74, 6) is 0.479. The van der Waals surface area contributed by atoms with Crippen LogP contribution in [-0.2, 0) is 23.1 Å². The van der Waals surface area contributed by atoms with Crippen molar-refractivity contribution < 1.29 is 12.9 Å². The van der Waals surface area contributed by atoms with Crippen LogP contribution in [0.25, 0.3) is 0 Å². The van der Waals surface area contributed by atoms with Crippen molar-refractivity contribution >= 4 is 21.4 Å². The van der Waals surface area contributed by atoms with Crippen LogP contribution in [0.5, 0.6) is 0 Å². The number of hydrogen-bond donors (Lipinski definition) is 2. The van der Waals surface area contributed by atoms with Crippen molar-refractivity contribution in [1.29, 1.82) is 0 Å². The molecule has 0 spiro atoms. The first kappa shape index (κ1) is 15.2. The Kier molecular flexibility index (Phi) is 4.92. The van der Waals surface area contributed by atoms with E-state index in [1.807, 2.05) is 19.2 Å². The van der Waals surface area contributed by atoms with Gasteiger partial charge in [0.25, 0.3) is 0 Å². The first-order valence-corrected chi connectivity index (χ1v) is 8.53. The van der Waals surface area contributed by atoms with Gasteiger partial charge in [-0.25, -0.2) is 13.1 Å². The predicted molar refractivity (Wildman–Crippen MR) is 76.8 cm³/mol. The molecule has 2 aromatic heterocycles. The summed E-state index contributed by atoms with van der Waals surface area (Å²) in [7, 11) is -3.50. The number of thiophene rings is 1. The molecule has 2 rings (SSSR count). The third-order valence-electron chi connectivity index (χ3n) is 2.54. The fourth-order valence-electron chi connectivity index (χ4n) is 1.48. The van der Waals surface area contributed by atoms with E-state index in [1.165, 1.54) is 17.5 Å². The van der Waals surface area contributed by atoms with Gasteiger partial charge in [0.15, 0.2) is 5.76 Å². The highest BCUT2D eigenvalue weighted by Crippen LogP contribution is 2.20. The third-order valence-corrected chi connectivity index (χ3v) is 5.43. The fourth-order valence-corrected chi connectivity index (χ4v) is 3.73. The predicted octanol–water partition coefficient (Wildman–Crippen LogP) is 1.71. The largest absolute Gasteiger partial charge is 0.360 e. The molecule has 6 nitrogen and oxygen atoms in total. The topological polar surface area (TPSA) is 84.2 Å². The molecule has 20 heavy (non-hydrogen) atoms. The lowest BCUT2D eigenvalue weighted by Gasteiger charge is -2.05. The van der Waals surface area contributed by atoms with Crippen molar-refractivity contribution in [2.45, 2.75) is 37.2 Å². The molecule has 2 aromatic rings. The molecule has 0 aliphatic rings. The maximum absolute atomic E-state index is 12.1. The zero-order valence-corrected chi connectivity index (χ0v) is 12.9. The van der Waals surface area contributed by atoms with E-state index >= 15 is 0 Å². The molecule has 110 valence electrons. The van der Waals surface area contributed by atoms with Gasteiger partial charge in [0.05, 0.1) is 12.7 Å². The Morgan fingerprint density at radius 3 is 2.85 bits per heavy atom. The molecule has 0 bridgehead atoms. The lowest BCUT2D eigenvalue weighted by molar-refractivity contribution is 0.380. The Morgan fingerprint density at radius 2 is 2.20 bits per heavy atom. The molecule has 0 aliphatic heterocycles. The van der Waals surface area contributed by atoms with Gasteiger partial charge in [0.2, 0.25) is 10.0 Å². The summed E-state index contributed by atoms with van der Waals surface area (Å²) in [4.78, 5) is 0. The highest BCUT2D eigenvalue weighted by molar-refractivity contribution is 7.91. The Bertz CT molecular complexity index is 633. The van der Waals surface area contributed by atoms with E-state index < -0.39 is 10.0 Å². The second kappa shape index (κ2) is 6.49. The zero-order valence-electron chi connectivity index (χ0n) is 11.3. The maximum Gasteiger partial charge on any atom is 0.250 e. The van der Waals surface area contributed by atoms with Crippen LogP contribution >= 0.6 is 11.3 Å². The van der Waals surface area contributed by atoms with Gasteiger partial charge in [-0.2, -0.15) is 0 Å². The summed E-state index contributed by atoms with van der Waals surface area (Å²) in [6.45, 7) is 4.84. The number of sulfonamides is 1. The molecule has 0 atom stereocenters. The van der Waals surface area contributed by atoms with Crippen LogP contribution in [0.2, 0.25) is 0 Å². The minimum Gasteiger partial charge on any atom is -0.360 e. The molecule has 0 aromatic carbocycles. The fraction of sp³-hybridized carbons (Fsp3) is 0.417. The lowest BCUT2D eigenvalue weighted by Crippen LogP contribution is -2.22. The molecule has 2 heterocycles. The van der Waals surface area contributed by atoms with Crippen LogP contribution in [0.1, 0.15) is 25.2 Å². The normalized spacial score (nSPS) is 12.2. The van der Waals surface area contributed by atoms with Crippen molar-refractivity contribution in [3.8, 4) is 0 Å². The summed E-state index contributed by atoms with van der Waals surface area (Å²) in [5, 5.41) is 8.62. The molecule has 0 saturated heterocycles. The monoisotopic (exact) mass is 315 g/mol. The van der Waals surface area contributed by atoms with Crippen LogP contribution in [0, 0.1) is 0 Å². The van der Waals surface area contributed by atoms with E-state index in [-0.39, 0.29) is 6.54 Å². The highest BCUT2D eigenvalue weighted by Gasteiger charge is 2.17. The van der Waals surface area contributed by atoms with Gasteiger partial charge in [-0.05, 0) is 17.0 Å². The third kappa shape index (κ3) is 4.14. The average Bonchev–Trinajstić information content (AvgIpc) is 3.05. The molecular weight excluding hydrogens is 298 g/mol. The number of nitrogens with zero attached hydrogens (tertiary/aromatic N) is 1. The van der Waals surface area contributed by atoms with Crippen LogP contribution < -0.4 is 10.0 Å². The molecule has 2 N–H and O–H groups in total. The van der Waals surface area contributed by atoms with Gasteiger partial charge in [-0.1, -0.05) is 19.0 Å². The first-order valence-electron chi connectivity index (χ1n) is 6.17. The summed E-state index contributed by atoms with van der Waals surface area (Å²) in [6.07, 6.45) is 1.48. The Labute approximate surface area is 122 Å². The van der Waals surface area contributed by atoms with Gasteiger partial charge in [0.1, 0.15) is 4.21 Å². The Balaban J connectivity index is 1.98. The van der Waals surface area contributed by atoms with Crippen molar-refractivity contribution in [2.24, 2.45) is 0 Å². The quantitative estimate of drug-likeness (QED) is 0.812. The minimum atomic E-state index is -3.50. The van der Waals surface area contributed by atoms with E-state index in [0.717, 1.165) is 5.56 Å². The second-order valence-corrected chi connectivity index (χ2v) is 7.52. The molecular formula is C12H17N3O3S2. The van der Waals surface area contributed by atoms with Gasteiger partial charge in [-0.15, -0.1) is 11.3 Å². The molecule has 0 saturated carbocycles. The molecule has 0 radical (unpaired) electrons. The van der Waals surface area contributed by atoms with Crippen LogP contribution in [0.3, 0.4) is 0 Å². The Morgan fingerprint density at radius 1 is 1.40 bits per heavy atom. The van der Waals surface area contributed by atoms with Gasteiger partial charge in [-0.3, -0.25) is 0 Å². The van der Waals surface area contributed by atoms with Crippen molar-refractivity contribution in [2.75, 3.05) is 0 Å². The maximum atomic E-state index is 12.1. The van der Waals surface area contributed by atoms with Gasteiger partial charge in [0, 0.05) is 18.7 Å². The van der Waals surface area contributed by atoms with Crippen LogP contribution in [-0.4, -0.2) is 19.6 Å². The molecule has 0 aliphatic carbocycles. The summed E-state index contributed by atoms with van der Waals surface area (Å²) in [6, 6.07) is 3.66. The smallest absolute Gasteiger partial charge is 0.250 e. The van der Waals surface area contributed by atoms with E-state index in [0.29, 0.717) is 22.6 Å². The number of aromatic nitrogens is 1. The highest BCUT2D eigenvalue weighted by atomic mass is 32.2. The van der Waals surface area contributed by atoms with Crippen molar-refractivity contribution in [3.63, 3.8) is 0 Å². The minimum absolute atomic E-state index is 0.0970. The standard InChI is InChI=1S/C12H17N3O3S2/c1-9(2)13-6-10-5-12(19-8-10)20(16,17)15-7-11-3-4-14-18-11/h3-5,8-9,13,15H,6-7H2,1-2H3. The summed E-state index contributed by atoms with van der Waals surface area (Å²) >= 11 is 1.21. The second-order valence-electron chi connectivity index (χ2n) is 4.61. The number of rotatable bonds is 7. The lowest BCUT2D eigenvalue weighted by atomic mass is 10.3. The molecule has 0 unspecified atom stereocenters. The van der Waals surface area contributed by atoms with E-state index in [1.54, 1.807) is 12.1 Å². The van der Waals surface area contributed by atoms with E-state index in [4.69, 9.17) is 4.52 Å². The SMILES string of the molecule is CC(C)NCc1csc(S(=O)(=O)NCc2ccno2)c1. The van der Waals surface area contributed by atoms with Crippen molar-refractivity contribution in [3.05, 3.63) is 35.0 Å². The zero-order chi connectivity index (χ0) is 14.6. The molecule has 0 fully saturated rings. The van der Waals surface area contributed by atoms with Crippen molar-refractivity contribution in [1.82, 2.24) is 15.2 Å². The molecule has 0 amide bonds. The average molecular weight is 315 g/mol. The van der Waals surface area contributed by atoms with E-state index in [2.05, 4.69) is 15.2 Å². The molecule has 8 heteroatoms. The van der Waals surface area contributed by atoms with Crippen LogP contribution in [0.4, 0.5) is 0 Å². The van der Waals surface area contributed by atoms with E-state index in [9.17, 15) is 8.42 Å². The number of nitrogens with one attached hydrogen (secondary N) is 2. The summed E-state index contributed by atoms with van der Waals surface area (Å²) in [5.41, 5.74) is 0.962. The Hall–Kier alpha value is -1.22.